The zero-order valence-electron chi connectivity index (χ0n) is 24.2. The molecule has 5 N–H and O–H groups in total. The minimum absolute atomic E-state index is 0.00975. The van der Waals surface area contributed by atoms with E-state index in [2.05, 4.69) is 21.1 Å². The molecule has 3 heterocycles. The van der Waals surface area contributed by atoms with E-state index in [0.29, 0.717) is 47.0 Å². The molecule has 14 nitrogen and oxygen atoms in total. The van der Waals surface area contributed by atoms with Crippen LogP contribution >= 0.6 is 0 Å². The summed E-state index contributed by atoms with van der Waals surface area (Å²) in [4.78, 5) is 44.2. The van der Waals surface area contributed by atoms with E-state index in [9.17, 15) is 24.8 Å². The highest BCUT2D eigenvalue weighted by Crippen LogP contribution is 2.19. The Morgan fingerprint density at radius 1 is 0.929 bits per heavy atom. The summed E-state index contributed by atoms with van der Waals surface area (Å²) < 4.78 is 3.30. The number of hydroxylamine groups is 1. The number of rotatable bonds is 12. The highest BCUT2D eigenvalue weighted by molar-refractivity contribution is 6.05. The van der Waals surface area contributed by atoms with Crippen LogP contribution in [-0.4, -0.2) is 64.8 Å². The summed E-state index contributed by atoms with van der Waals surface area (Å²) in [6, 6.07) is 9.77. The molecule has 2 amide bonds. The fraction of sp³-hybridized carbons (Fsp3) is 0.357. The van der Waals surface area contributed by atoms with Crippen molar-refractivity contribution in [1.29, 1.82) is 0 Å². The molecule has 0 bridgehead atoms. The first kappa shape index (κ1) is 30.6. The Hall–Kier alpha value is -4.34. The van der Waals surface area contributed by atoms with E-state index in [1.807, 2.05) is 19.0 Å². The van der Waals surface area contributed by atoms with Crippen molar-refractivity contribution >= 4 is 46.3 Å². The maximum absolute atomic E-state index is 12.9. The fourth-order valence-electron chi connectivity index (χ4n) is 4.65. The Bertz CT molecular complexity index is 1480. The lowest BCUT2D eigenvalue weighted by atomic mass is 10.1. The molecule has 0 radical (unpaired) electrons. The Labute approximate surface area is 243 Å². The summed E-state index contributed by atoms with van der Waals surface area (Å²) in [6.07, 6.45) is 4.97. The minimum Gasteiger partial charge on any atom is -0.621 e. The molecule has 3 aromatic rings. The molecular formula is C28H37N9O5. The Morgan fingerprint density at radius 3 is 2.29 bits per heavy atom. The fourth-order valence-corrected chi connectivity index (χ4v) is 4.65. The number of aromatic nitrogens is 2. The molecule has 42 heavy (non-hydrogen) atoms. The molecule has 0 aliphatic carbocycles. The Morgan fingerprint density at radius 2 is 1.57 bits per heavy atom. The number of amides is 2. The summed E-state index contributed by atoms with van der Waals surface area (Å²) in [5.74, 6) is -0.683. The molecule has 2 aromatic heterocycles. The second kappa shape index (κ2) is 13.5. The van der Waals surface area contributed by atoms with Gasteiger partial charge < -0.3 is 35.1 Å². The van der Waals surface area contributed by atoms with Crippen LogP contribution in [0.3, 0.4) is 0 Å². The van der Waals surface area contributed by atoms with Gasteiger partial charge in [0.25, 0.3) is 5.91 Å². The number of aliphatic imine (C=N–C) groups is 1. The van der Waals surface area contributed by atoms with Crippen LogP contribution in [0.4, 0.5) is 22.7 Å². The minimum atomic E-state index is -0.387. The number of para-hydroxylation sites is 2. The molecule has 0 saturated carbocycles. The first-order valence-electron chi connectivity index (χ1n) is 13.6. The lowest BCUT2D eigenvalue weighted by Gasteiger charge is -2.34. The lowest BCUT2D eigenvalue weighted by Crippen LogP contribution is -3.23. The van der Waals surface area contributed by atoms with Crippen molar-refractivity contribution in [3.63, 3.8) is 0 Å². The van der Waals surface area contributed by atoms with Gasteiger partial charge in [0.1, 0.15) is 5.69 Å². The molecular weight excluding hydrogens is 542 g/mol. The second-order valence-corrected chi connectivity index (χ2v) is 10.4. The van der Waals surface area contributed by atoms with Crippen LogP contribution in [0.15, 0.2) is 53.8 Å². The summed E-state index contributed by atoms with van der Waals surface area (Å²) in [6.45, 7) is 0.994. The average molecular weight is 580 g/mol. The predicted molar refractivity (Wildman–Crippen MR) is 159 cm³/mol. The number of carbonyl (C=O) groups excluding carboxylic acids is 3. The van der Waals surface area contributed by atoms with Crippen molar-refractivity contribution in [2.75, 3.05) is 37.8 Å². The first-order chi connectivity index (χ1) is 20.0. The Kier molecular flexibility index (Phi) is 9.88. The van der Waals surface area contributed by atoms with E-state index in [-0.39, 0.29) is 46.8 Å². The van der Waals surface area contributed by atoms with Crippen molar-refractivity contribution < 1.29 is 24.6 Å². The van der Waals surface area contributed by atoms with Crippen LogP contribution in [0.25, 0.3) is 0 Å². The number of guanidine groups is 1. The summed E-state index contributed by atoms with van der Waals surface area (Å²) in [5.41, 5.74) is 4.93. The van der Waals surface area contributed by atoms with Crippen LogP contribution in [-0.2, 0) is 18.9 Å². The second-order valence-electron chi connectivity index (χ2n) is 10.4. The summed E-state index contributed by atoms with van der Waals surface area (Å²) in [7, 11) is 7.38. The van der Waals surface area contributed by atoms with Crippen LogP contribution in [0, 0.1) is 10.4 Å². The zero-order valence-corrected chi connectivity index (χ0v) is 24.2. The van der Waals surface area contributed by atoms with Gasteiger partial charge in [0.2, 0.25) is 17.3 Å². The van der Waals surface area contributed by atoms with Gasteiger partial charge in [0.05, 0.1) is 17.1 Å². The Balaban J connectivity index is 1.27. The molecule has 0 spiro atoms. The van der Waals surface area contributed by atoms with Crippen LogP contribution in [0.1, 0.15) is 46.7 Å². The van der Waals surface area contributed by atoms with E-state index < -0.39 is 0 Å². The molecule has 1 aliphatic rings. The normalized spacial score (nSPS) is 17.2. The molecule has 2 atom stereocenters. The van der Waals surface area contributed by atoms with Gasteiger partial charge in [-0.25, -0.2) is 10.2 Å². The third kappa shape index (κ3) is 7.48. The third-order valence-electron chi connectivity index (χ3n) is 6.77. The number of nitrogens with one attached hydrogen (secondary N) is 5. The highest BCUT2D eigenvalue weighted by atomic mass is 16.6. The van der Waals surface area contributed by atoms with Crippen molar-refractivity contribution in [1.82, 2.24) is 19.5 Å². The van der Waals surface area contributed by atoms with Crippen LogP contribution in [0.2, 0.25) is 0 Å². The van der Waals surface area contributed by atoms with Crippen molar-refractivity contribution in [3.05, 3.63) is 70.6 Å². The van der Waals surface area contributed by atoms with Gasteiger partial charge in [-0.1, -0.05) is 12.1 Å². The molecule has 1 aliphatic heterocycles. The van der Waals surface area contributed by atoms with Crippen molar-refractivity contribution in [2.45, 2.75) is 25.7 Å². The van der Waals surface area contributed by atoms with E-state index in [1.165, 1.54) is 0 Å². The molecule has 0 saturated heterocycles. The average Bonchev–Trinajstić information content (AvgIpc) is 3.49. The number of anilines is 2. The number of quaternary nitrogens is 2. The summed E-state index contributed by atoms with van der Waals surface area (Å²) in [5, 5.41) is 29.6. The molecule has 2 unspecified atom stereocenters. The molecule has 1 aromatic carbocycles. The van der Waals surface area contributed by atoms with Crippen molar-refractivity contribution in [3.8, 4) is 0 Å². The van der Waals surface area contributed by atoms with Gasteiger partial charge in [0, 0.05) is 58.0 Å². The van der Waals surface area contributed by atoms with Gasteiger partial charge >= 0.3 is 5.96 Å². The van der Waals surface area contributed by atoms with E-state index in [4.69, 9.17) is 0 Å². The summed E-state index contributed by atoms with van der Waals surface area (Å²) >= 11 is 0. The zero-order chi connectivity index (χ0) is 30.4. The topological polar surface area (TPSA) is 168 Å². The maximum Gasteiger partial charge on any atom is 0.347 e. The van der Waals surface area contributed by atoms with Crippen molar-refractivity contribution in [2.24, 2.45) is 19.1 Å². The van der Waals surface area contributed by atoms with Gasteiger partial charge in [0.15, 0.2) is 5.78 Å². The monoisotopic (exact) mass is 579 g/mol. The molecule has 0 fully saturated rings. The SMILES string of the molecule is CN(C)CCCC(=O)c1cc(NC(=O)c2cc(NC(=O)CCCN=C3N[NH+]([O-])c4ccccc4[NH+]3[O-])cn2C)cn1C. The number of ketones is 1. The van der Waals surface area contributed by atoms with E-state index in [0.717, 1.165) is 13.0 Å². The van der Waals surface area contributed by atoms with Crippen LogP contribution < -0.4 is 26.3 Å². The molecule has 14 heteroatoms. The van der Waals surface area contributed by atoms with E-state index >= 15 is 0 Å². The number of Topliss-reactive ketones (excluding diaryl/α,β-unsaturated/α-hetero) is 1. The smallest absolute Gasteiger partial charge is 0.347 e. The highest BCUT2D eigenvalue weighted by Gasteiger charge is 2.28. The number of nitrogens with zero attached hydrogens (tertiary/aromatic N) is 4. The van der Waals surface area contributed by atoms with Gasteiger partial charge in [-0.05, 0) is 45.6 Å². The van der Waals surface area contributed by atoms with Crippen LogP contribution in [0.5, 0.6) is 0 Å². The maximum atomic E-state index is 12.9. The van der Waals surface area contributed by atoms with Gasteiger partial charge in [-0.3, -0.25) is 19.4 Å². The quantitative estimate of drug-likeness (QED) is 0.118. The van der Waals surface area contributed by atoms with Gasteiger partial charge in [-0.2, -0.15) is 5.43 Å². The standard InChI is InChI=1S/C28H37N9O5/c1-33(2)14-8-11-25(38)23-15-20(18-34(23)3)31-27(40)24-16-19(17-35(24)4)30-26(39)12-7-13-29-28-32-37(42)22-10-6-5-9-21(22)36(28)41/h5-6,9-10,15-18,36-37H,7-8,11-14H2,1-4H3,(H,29,32)(H,30,39)(H,31,40). The lowest BCUT2D eigenvalue weighted by molar-refractivity contribution is -0.851. The number of fused-ring (bicyclic) bond motifs is 1. The number of carbonyl (C=O) groups is 3. The molecule has 4 rings (SSSR count). The first-order valence-corrected chi connectivity index (χ1v) is 13.6. The third-order valence-corrected chi connectivity index (χ3v) is 6.77. The number of aryl methyl sites for hydroxylation is 2. The predicted octanol–water partition coefficient (Wildman–Crippen LogP) is 0.462. The number of hydrogen-bond donors (Lipinski definition) is 5. The number of hydrogen-bond acceptors (Lipinski definition) is 7. The number of benzene rings is 1. The largest absolute Gasteiger partial charge is 0.621 e. The van der Waals surface area contributed by atoms with Gasteiger partial charge in [-0.15, -0.1) is 0 Å². The molecule has 224 valence electrons. The van der Waals surface area contributed by atoms with E-state index in [1.54, 1.807) is 72.0 Å².